The van der Waals surface area contributed by atoms with Gasteiger partial charge < -0.3 is 9.47 Å². The third-order valence-electron chi connectivity index (χ3n) is 2.69. The molecule has 0 saturated heterocycles. The van der Waals surface area contributed by atoms with Crippen LogP contribution in [0.2, 0.25) is 0 Å². The Morgan fingerprint density at radius 3 is 2.40 bits per heavy atom. The number of carbonyl (C=O) groups is 1. The van der Waals surface area contributed by atoms with Crippen molar-refractivity contribution < 1.29 is 18.7 Å². The van der Waals surface area contributed by atoms with Gasteiger partial charge in [-0.25, -0.2) is 9.18 Å². The summed E-state index contributed by atoms with van der Waals surface area (Å²) in [6.45, 7) is 1.90. The van der Waals surface area contributed by atoms with E-state index in [4.69, 9.17) is 9.47 Å². The molecule has 1 atom stereocenters. The Balaban J connectivity index is 2.30. The number of hydrogen-bond acceptors (Lipinski definition) is 3. The number of carbonyl (C=O) groups excluding carboxylic acids is 1. The quantitative estimate of drug-likeness (QED) is 0.783. The molecule has 0 aliphatic rings. The zero-order chi connectivity index (χ0) is 14.4. The molecule has 0 bridgehead atoms. The van der Waals surface area contributed by atoms with Gasteiger partial charge in [0.05, 0.1) is 6.61 Å². The Morgan fingerprint density at radius 2 is 1.75 bits per heavy atom. The first-order valence-corrected chi connectivity index (χ1v) is 6.35. The SMILES string of the molecule is CCOC(=O)C(Oc1ccccc1)c1ccccc1F. The Bertz CT molecular complexity index is 569. The molecule has 0 spiro atoms. The number of esters is 1. The molecule has 0 saturated carbocycles. The minimum atomic E-state index is -1.11. The van der Waals surface area contributed by atoms with Gasteiger partial charge >= 0.3 is 5.97 Å². The fourth-order valence-electron chi connectivity index (χ4n) is 1.78. The Hall–Kier alpha value is -2.36. The highest BCUT2D eigenvalue weighted by molar-refractivity contribution is 5.77. The molecule has 2 rings (SSSR count). The second-order valence-electron chi connectivity index (χ2n) is 4.08. The smallest absolute Gasteiger partial charge is 0.352 e. The Kier molecular flexibility index (Phi) is 4.71. The van der Waals surface area contributed by atoms with E-state index >= 15 is 0 Å². The zero-order valence-electron chi connectivity index (χ0n) is 11.1. The minimum Gasteiger partial charge on any atom is -0.474 e. The van der Waals surface area contributed by atoms with Crippen LogP contribution in [-0.4, -0.2) is 12.6 Å². The lowest BCUT2D eigenvalue weighted by Gasteiger charge is -2.18. The van der Waals surface area contributed by atoms with E-state index in [1.165, 1.54) is 12.1 Å². The number of ether oxygens (including phenoxy) is 2. The van der Waals surface area contributed by atoms with E-state index in [0.717, 1.165) is 0 Å². The van der Waals surface area contributed by atoms with E-state index in [1.54, 1.807) is 43.3 Å². The van der Waals surface area contributed by atoms with Crippen LogP contribution in [0.25, 0.3) is 0 Å². The number of rotatable bonds is 5. The zero-order valence-corrected chi connectivity index (χ0v) is 11.1. The van der Waals surface area contributed by atoms with Crippen LogP contribution in [0.3, 0.4) is 0 Å². The van der Waals surface area contributed by atoms with E-state index in [2.05, 4.69) is 0 Å². The summed E-state index contributed by atoms with van der Waals surface area (Å²) in [4.78, 5) is 12.0. The van der Waals surface area contributed by atoms with E-state index in [0.29, 0.717) is 5.75 Å². The largest absolute Gasteiger partial charge is 0.474 e. The molecule has 104 valence electrons. The first-order chi connectivity index (χ1) is 9.72. The molecule has 0 fully saturated rings. The first-order valence-electron chi connectivity index (χ1n) is 6.35. The molecule has 1 unspecified atom stereocenters. The van der Waals surface area contributed by atoms with E-state index in [9.17, 15) is 9.18 Å². The predicted octanol–water partition coefficient (Wildman–Crippen LogP) is 3.51. The van der Waals surface area contributed by atoms with Gasteiger partial charge in [-0.15, -0.1) is 0 Å². The highest BCUT2D eigenvalue weighted by Crippen LogP contribution is 2.25. The maximum atomic E-state index is 13.9. The summed E-state index contributed by atoms with van der Waals surface area (Å²) in [5, 5.41) is 0. The van der Waals surface area contributed by atoms with Crippen molar-refractivity contribution in [2.24, 2.45) is 0 Å². The minimum absolute atomic E-state index is 0.162. The summed E-state index contributed by atoms with van der Waals surface area (Å²) in [5.74, 6) is -0.628. The lowest BCUT2D eigenvalue weighted by molar-refractivity contribution is -0.151. The summed E-state index contributed by atoms with van der Waals surface area (Å²) < 4.78 is 24.4. The van der Waals surface area contributed by atoms with Crippen LogP contribution in [0, 0.1) is 5.82 Å². The third kappa shape index (κ3) is 3.35. The van der Waals surface area contributed by atoms with E-state index in [-0.39, 0.29) is 12.2 Å². The van der Waals surface area contributed by atoms with E-state index in [1.807, 2.05) is 6.07 Å². The van der Waals surface area contributed by atoms with Crippen molar-refractivity contribution in [1.82, 2.24) is 0 Å². The number of benzene rings is 2. The third-order valence-corrected chi connectivity index (χ3v) is 2.69. The Morgan fingerprint density at radius 1 is 1.10 bits per heavy atom. The van der Waals surface area contributed by atoms with Gasteiger partial charge in [0, 0.05) is 5.56 Å². The summed E-state index contributed by atoms with van der Waals surface area (Å²) >= 11 is 0. The van der Waals surface area contributed by atoms with Gasteiger partial charge in [-0.2, -0.15) is 0 Å². The molecular weight excluding hydrogens is 259 g/mol. The van der Waals surface area contributed by atoms with E-state index < -0.39 is 17.9 Å². The monoisotopic (exact) mass is 274 g/mol. The van der Waals surface area contributed by atoms with Gasteiger partial charge in [0.15, 0.2) is 0 Å². The van der Waals surface area contributed by atoms with Crippen LogP contribution in [-0.2, 0) is 9.53 Å². The highest BCUT2D eigenvalue weighted by atomic mass is 19.1. The molecule has 0 aliphatic heterocycles. The second kappa shape index (κ2) is 6.70. The molecule has 0 aliphatic carbocycles. The van der Waals surface area contributed by atoms with Crippen molar-refractivity contribution in [3.05, 3.63) is 66.0 Å². The van der Waals surface area contributed by atoms with Crippen molar-refractivity contribution in [3.63, 3.8) is 0 Å². The summed E-state index contributed by atoms with van der Waals surface area (Å²) in [6.07, 6.45) is -1.11. The average Bonchev–Trinajstić information content (AvgIpc) is 2.47. The predicted molar refractivity (Wildman–Crippen MR) is 72.8 cm³/mol. The molecule has 0 amide bonds. The molecule has 0 heterocycles. The van der Waals surface area contributed by atoms with Gasteiger partial charge in [0.1, 0.15) is 11.6 Å². The van der Waals surface area contributed by atoms with Gasteiger partial charge in [-0.05, 0) is 25.1 Å². The highest BCUT2D eigenvalue weighted by Gasteiger charge is 2.26. The van der Waals surface area contributed by atoms with Gasteiger partial charge in [0.2, 0.25) is 6.10 Å². The number of para-hydroxylation sites is 1. The average molecular weight is 274 g/mol. The van der Waals surface area contributed by atoms with Crippen LogP contribution in [0.1, 0.15) is 18.6 Å². The maximum absolute atomic E-state index is 13.9. The lowest BCUT2D eigenvalue weighted by Crippen LogP contribution is -2.22. The summed E-state index contributed by atoms with van der Waals surface area (Å²) in [5.41, 5.74) is 0.162. The first kappa shape index (κ1) is 14.1. The second-order valence-corrected chi connectivity index (χ2v) is 4.08. The van der Waals surface area contributed by atoms with Crippen LogP contribution in [0.4, 0.5) is 4.39 Å². The Labute approximate surface area is 117 Å². The fraction of sp³-hybridized carbons (Fsp3) is 0.188. The van der Waals surface area contributed by atoms with Crippen molar-refractivity contribution in [2.75, 3.05) is 6.61 Å². The maximum Gasteiger partial charge on any atom is 0.352 e. The number of hydrogen-bond donors (Lipinski definition) is 0. The summed E-state index contributed by atoms with van der Waals surface area (Å²) in [7, 11) is 0. The molecular formula is C16H15FO3. The van der Waals surface area contributed by atoms with Crippen molar-refractivity contribution in [1.29, 1.82) is 0 Å². The van der Waals surface area contributed by atoms with Crippen LogP contribution >= 0.6 is 0 Å². The van der Waals surface area contributed by atoms with Crippen molar-refractivity contribution in [2.45, 2.75) is 13.0 Å². The van der Waals surface area contributed by atoms with Gasteiger partial charge in [0.25, 0.3) is 0 Å². The number of halogens is 1. The molecule has 2 aromatic carbocycles. The molecule has 3 nitrogen and oxygen atoms in total. The normalized spacial score (nSPS) is 11.7. The molecule has 2 aromatic rings. The fourth-order valence-corrected chi connectivity index (χ4v) is 1.78. The van der Waals surface area contributed by atoms with Crippen molar-refractivity contribution in [3.8, 4) is 5.75 Å². The van der Waals surface area contributed by atoms with Crippen LogP contribution in [0.15, 0.2) is 54.6 Å². The molecule has 0 N–H and O–H groups in total. The molecule has 4 heteroatoms. The summed E-state index contributed by atoms with van der Waals surface area (Å²) in [6, 6.07) is 14.8. The standard InChI is InChI=1S/C16H15FO3/c1-2-19-16(18)15(13-10-6-7-11-14(13)17)20-12-8-4-3-5-9-12/h3-11,15H,2H2,1H3. The van der Waals surface area contributed by atoms with Gasteiger partial charge in [-0.1, -0.05) is 36.4 Å². The van der Waals surface area contributed by atoms with Crippen LogP contribution < -0.4 is 4.74 Å². The lowest BCUT2D eigenvalue weighted by atomic mass is 10.1. The van der Waals surface area contributed by atoms with Crippen molar-refractivity contribution >= 4 is 5.97 Å². The molecule has 0 radical (unpaired) electrons. The van der Waals surface area contributed by atoms with Gasteiger partial charge in [-0.3, -0.25) is 0 Å². The molecule has 0 aromatic heterocycles. The molecule has 20 heavy (non-hydrogen) atoms. The van der Waals surface area contributed by atoms with Crippen LogP contribution in [0.5, 0.6) is 5.75 Å². The topological polar surface area (TPSA) is 35.5 Å².